The van der Waals surface area contributed by atoms with Crippen LogP contribution in [0.1, 0.15) is 53.3 Å². The maximum Gasteiger partial charge on any atom is 0.308 e. The Balaban J connectivity index is 1.74. The largest absolute Gasteiger partial charge is 0.427 e. The fourth-order valence-electron chi connectivity index (χ4n) is 3.63. The third-order valence-electron chi connectivity index (χ3n) is 4.95. The molecule has 7 nitrogen and oxygen atoms in total. The van der Waals surface area contributed by atoms with E-state index in [4.69, 9.17) is 4.74 Å². The molecular formula is C21H21N3O4S. The van der Waals surface area contributed by atoms with Gasteiger partial charge in [-0.15, -0.1) is 11.3 Å². The lowest BCUT2D eigenvalue weighted by Gasteiger charge is -2.14. The maximum absolute atomic E-state index is 13.3. The highest BCUT2D eigenvalue weighted by atomic mass is 32.1. The molecule has 3 aromatic rings. The number of aryl methyl sites for hydroxylation is 3. The predicted molar refractivity (Wildman–Crippen MR) is 111 cm³/mol. The molecule has 0 bridgehead atoms. The first-order valence-electron chi connectivity index (χ1n) is 9.64. The van der Waals surface area contributed by atoms with Gasteiger partial charge < -0.3 is 4.74 Å². The number of thiophene rings is 1. The monoisotopic (exact) mass is 411 g/mol. The molecule has 0 spiro atoms. The molecule has 4 rings (SSSR count). The molecule has 2 heterocycles. The van der Waals surface area contributed by atoms with Crippen LogP contribution in [0.25, 0.3) is 10.2 Å². The number of fused-ring (bicyclic) bond motifs is 3. The lowest BCUT2D eigenvalue weighted by atomic mass is 9.97. The van der Waals surface area contributed by atoms with Gasteiger partial charge in [-0.1, -0.05) is 13.0 Å². The van der Waals surface area contributed by atoms with E-state index in [2.05, 4.69) is 10.4 Å². The van der Waals surface area contributed by atoms with Crippen molar-refractivity contribution in [1.82, 2.24) is 9.66 Å². The van der Waals surface area contributed by atoms with Gasteiger partial charge in [0.25, 0.3) is 11.5 Å². The Morgan fingerprint density at radius 2 is 2.07 bits per heavy atom. The van der Waals surface area contributed by atoms with Gasteiger partial charge in [-0.2, -0.15) is 0 Å². The van der Waals surface area contributed by atoms with Gasteiger partial charge in [-0.05, 0) is 49.4 Å². The molecule has 150 valence electrons. The Morgan fingerprint density at radius 3 is 2.83 bits per heavy atom. The van der Waals surface area contributed by atoms with Gasteiger partial charge in [0.1, 0.15) is 16.4 Å². The van der Waals surface area contributed by atoms with Gasteiger partial charge in [0.2, 0.25) is 0 Å². The van der Waals surface area contributed by atoms with E-state index in [1.807, 2.05) is 6.92 Å². The molecule has 0 saturated carbocycles. The standard InChI is InChI=1S/C21H21N3O4S/c1-3-17-22-20-18(15-9-4-5-10-16(15)29-20)21(27)24(17)23-19(26)13-7-6-8-14(11-13)28-12(2)25/h6-8,11H,3-5,9-10H2,1-2H3,(H,23,26). The summed E-state index contributed by atoms with van der Waals surface area (Å²) in [6.07, 6.45) is 4.54. The van der Waals surface area contributed by atoms with Crippen molar-refractivity contribution in [1.29, 1.82) is 0 Å². The Kier molecular flexibility index (Phi) is 5.19. The second-order valence-corrected chi connectivity index (χ2v) is 8.06. The summed E-state index contributed by atoms with van der Waals surface area (Å²) in [6, 6.07) is 6.27. The number of nitrogens with zero attached hydrogens (tertiary/aromatic N) is 2. The van der Waals surface area contributed by atoms with Crippen LogP contribution in [0.5, 0.6) is 5.75 Å². The topological polar surface area (TPSA) is 90.3 Å². The van der Waals surface area contributed by atoms with E-state index in [-0.39, 0.29) is 16.9 Å². The number of hydrogen-bond acceptors (Lipinski definition) is 6. The highest BCUT2D eigenvalue weighted by Gasteiger charge is 2.22. The average molecular weight is 411 g/mol. The number of carbonyl (C=O) groups is 2. The SMILES string of the molecule is CCc1nc2sc3c(c2c(=O)n1NC(=O)c1cccc(OC(C)=O)c1)CCCC3. The van der Waals surface area contributed by atoms with Gasteiger partial charge in [-0.3, -0.25) is 19.8 Å². The fraction of sp³-hybridized carbons (Fsp3) is 0.333. The van der Waals surface area contributed by atoms with E-state index in [1.54, 1.807) is 29.5 Å². The zero-order valence-corrected chi connectivity index (χ0v) is 17.1. The number of rotatable bonds is 4. The Hall–Kier alpha value is -3.00. The van der Waals surface area contributed by atoms with Crippen LogP contribution in [0.4, 0.5) is 0 Å². The second-order valence-electron chi connectivity index (χ2n) is 6.98. The quantitative estimate of drug-likeness (QED) is 0.526. The first-order valence-corrected chi connectivity index (χ1v) is 10.5. The molecule has 0 saturated heterocycles. The smallest absolute Gasteiger partial charge is 0.308 e. The number of amides is 1. The van der Waals surface area contributed by atoms with Crippen LogP contribution in [-0.4, -0.2) is 21.5 Å². The number of nitrogens with one attached hydrogen (secondary N) is 1. The molecule has 8 heteroatoms. The van der Waals surface area contributed by atoms with Crippen molar-refractivity contribution in [3.63, 3.8) is 0 Å². The highest BCUT2D eigenvalue weighted by molar-refractivity contribution is 7.18. The first kappa shape index (κ1) is 19.3. The van der Waals surface area contributed by atoms with Crippen LogP contribution < -0.4 is 15.7 Å². The summed E-state index contributed by atoms with van der Waals surface area (Å²) in [4.78, 5) is 43.9. The van der Waals surface area contributed by atoms with E-state index in [0.29, 0.717) is 17.6 Å². The number of benzene rings is 1. The van der Waals surface area contributed by atoms with Crippen LogP contribution in [0.15, 0.2) is 29.1 Å². The molecular weight excluding hydrogens is 390 g/mol. The number of esters is 1. The van der Waals surface area contributed by atoms with E-state index in [1.165, 1.54) is 22.5 Å². The minimum absolute atomic E-state index is 0.240. The third kappa shape index (κ3) is 3.67. The lowest BCUT2D eigenvalue weighted by Crippen LogP contribution is -2.36. The molecule has 0 radical (unpaired) electrons. The number of carbonyl (C=O) groups excluding carboxylic acids is 2. The van der Waals surface area contributed by atoms with Crippen molar-refractivity contribution < 1.29 is 14.3 Å². The van der Waals surface area contributed by atoms with Gasteiger partial charge in [0, 0.05) is 23.8 Å². The van der Waals surface area contributed by atoms with Crippen molar-refractivity contribution in [2.75, 3.05) is 5.43 Å². The van der Waals surface area contributed by atoms with Crippen molar-refractivity contribution in [3.8, 4) is 5.75 Å². The molecule has 1 N–H and O–H groups in total. The van der Waals surface area contributed by atoms with E-state index in [9.17, 15) is 14.4 Å². The summed E-state index contributed by atoms with van der Waals surface area (Å²) in [5.74, 6) is -0.163. The highest BCUT2D eigenvalue weighted by Crippen LogP contribution is 2.33. The molecule has 1 amide bonds. The number of aromatic nitrogens is 2. The predicted octanol–water partition coefficient (Wildman–Crippen LogP) is 3.21. The van der Waals surface area contributed by atoms with Crippen LogP contribution in [-0.2, 0) is 24.1 Å². The normalized spacial score (nSPS) is 13.2. The molecule has 0 fully saturated rings. The van der Waals surface area contributed by atoms with Crippen LogP contribution in [0, 0.1) is 0 Å². The van der Waals surface area contributed by atoms with Crippen molar-refractivity contribution in [3.05, 3.63) is 56.4 Å². The lowest BCUT2D eigenvalue weighted by molar-refractivity contribution is -0.131. The molecule has 1 aliphatic carbocycles. The number of ether oxygens (including phenoxy) is 1. The molecule has 2 aromatic heterocycles. The molecule has 0 unspecified atom stereocenters. The van der Waals surface area contributed by atoms with Gasteiger partial charge in [0.05, 0.1) is 5.39 Å². The summed E-state index contributed by atoms with van der Waals surface area (Å²) in [7, 11) is 0. The summed E-state index contributed by atoms with van der Waals surface area (Å²) in [5, 5.41) is 0.621. The molecule has 1 aromatic carbocycles. The second kappa shape index (κ2) is 7.79. The summed E-state index contributed by atoms with van der Waals surface area (Å²) in [6.45, 7) is 3.19. The minimum Gasteiger partial charge on any atom is -0.427 e. The molecule has 1 aliphatic rings. The Labute approximate surface area is 171 Å². The van der Waals surface area contributed by atoms with Crippen LogP contribution in [0.3, 0.4) is 0 Å². The van der Waals surface area contributed by atoms with Crippen LogP contribution in [0.2, 0.25) is 0 Å². The van der Waals surface area contributed by atoms with Crippen LogP contribution >= 0.6 is 11.3 Å². The fourth-order valence-corrected chi connectivity index (χ4v) is 4.90. The number of hydrogen-bond donors (Lipinski definition) is 1. The van der Waals surface area contributed by atoms with Gasteiger partial charge in [0.15, 0.2) is 0 Å². The molecule has 0 aliphatic heterocycles. The van der Waals surface area contributed by atoms with Crippen molar-refractivity contribution >= 4 is 33.4 Å². The zero-order chi connectivity index (χ0) is 20.5. The summed E-state index contributed by atoms with van der Waals surface area (Å²) < 4.78 is 6.29. The van der Waals surface area contributed by atoms with E-state index >= 15 is 0 Å². The van der Waals surface area contributed by atoms with Gasteiger partial charge in [-0.25, -0.2) is 9.66 Å². The maximum atomic E-state index is 13.3. The minimum atomic E-state index is -0.471. The molecule has 29 heavy (non-hydrogen) atoms. The van der Waals surface area contributed by atoms with Gasteiger partial charge >= 0.3 is 5.97 Å². The zero-order valence-electron chi connectivity index (χ0n) is 16.3. The van der Waals surface area contributed by atoms with E-state index in [0.717, 1.165) is 36.1 Å². The summed E-state index contributed by atoms with van der Waals surface area (Å²) >= 11 is 1.59. The average Bonchev–Trinajstić information content (AvgIpc) is 3.08. The Bertz CT molecular complexity index is 1180. The van der Waals surface area contributed by atoms with Crippen molar-refractivity contribution in [2.24, 2.45) is 0 Å². The summed E-state index contributed by atoms with van der Waals surface area (Å²) in [5.41, 5.74) is 3.80. The van der Waals surface area contributed by atoms with E-state index < -0.39 is 11.9 Å². The molecule has 0 atom stereocenters. The first-order chi connectivity index (χ1) is 14.0. The Morgan fingerprint density at radius 1 is 1.28 bits per heavy atom. The third-order valence-corrected chi connectivity index (χ3v) is 6.13. The van der Waals surface area contributed by atoms with Crippen molar-refractivity contribution in [2.45, 2.75) is 46.0 Å².